The van der Waals surface area contributed by atoms with Crippen molar-refractivity contribution in [3.63, 3.8) is 0 Å². The monoisotopic (exact) mass is 245 g/mol. The highest BCUT2D eigenvalue weighted by atomic mass is 16.1. The van der Waals surface area contributed by atoms with Crippen LogP contribution >= 0.6 is 0 Å². The minimum atomic E-state index is -0.495. The summed E-state index contributed by atoms with van der Waals surface area (Å²) in [5.41, 5.74) is 6.58. The number of nitrogens with two attached hydrogens (primary N) is 1. The maximum Gasteiger partial charge on any atom is 0.251 e. The molecule has 0 saturated heterocycles. The zero-order valence-electron chi connectivity index (χ0n) is 10.1. The molecule has 94 valence electrons. The average Bonchev–Trinajstić information content (AvgIpc) is 2.86. The van der Waals surface area contributed by atoms with Crippen LogP contribution in [-0.2, 0) is 6.54 Å². The largest absolute Gasteiger partial charge is 0.366 e. The van der Waals surface area contributed by atoms with Gasteiger partial charge in [0.1, 0.15) is 0 Å². The van der Waals surface area contributed by atoms with Crippen molar-refractivity contribution in [1.82, 2.24) is 20.1 Å². The van der Waals surface area contributed by atoms with Crippen LogP contribution in [0, 0.1) is 0 Å². The predicted octanol–water partition coefficient (Wildman–Crippen LogP) is 0.476. The van der Waals surface area contributed by atoms with Crippen molar-refractivity contribution < 1.29 is 4.79 Å². The molecule has 2 aromatic heterocycles. The van der Waals surface area contributed by atoms with Gasteiger partial charge in [-0.3, -0.25) is 4.79 Å². The van der Waals surface area contributed by atoms with E-state index in [1.165, 1.54) is 6.20 Å². The molecule has 2 heterocycles. The minimum absolute atomic E-state index is 0.370. The smallest absolute Gasteiger partial charge is 0.251 e. The molecule has 0 atom stereocenters. The van der Waals surface area contributed by atoms with Gasteiger partial charge in [-0.2, -0.15) is 5.10 Å². The van der Waals surface area contributed by atoms with E-state index in [1.54, 1.807) is 17.1 Å². The molecule has 6 nitrogen and oxygen atoms in total. The van der Waals surface area contributed by atoms with Crippen LogP contribution in [0.2, 0.25) is 0 Å². The predicted molar refractivity (Wildman–Crippen MR) is 67.3 cm³/mol. The zero-order chi connectivity index (χ0) is 13.0. The number of nitrogens with zero attached hydrogens (tertiary/aromatic N) is 3. The van der Waals surface area contributed by atoms with E-state index >= 15 is 0 Å². The number of carbonyl (C=O) groups excluding carboxylic acids is 1. The molecule has 0 saturated carbocycles. The Hall–Kier alpha value is -2.21. The minimum Gasteiger partial charge on any atom is -0.366 e. The Morgan fingerprint density at radius 2 is 2.39 bits per heavy atom. The van der Waals surface area contributed by atoms with Crippen LogP contribution in [0.5, 0.6) is 0 Å². The van der Waals surface area contributed by atoms with Gasteiger partial charge in [-0.05, 0) is 12.6 Å². The number of primary amides is 1. The van der Waals surface area contributed by atoms with Crippen molar-refractivity contribution >= 4 is 5.91 Å². The summed E-state index contributed by atoms with van der Waals surface area (Å²) in [7, 11) is 0. The number of nitrogens with one attached hydrogen (secondary N) is 1. The molecule has 0 aliphatic rings. The molecule has 0 aliphatic carbocycles. The lowest BCUT2D eigenvalue weighted by Gasteiger charge is -2.08. The molecular weight excluding hydrogens is 230 g/mol. The molecule has 18 heavy (non-hydrogen) atoms. The summed E-state index contributed by atoms with van der Waals surface area (Å²) in [6.45, 7) is 3.61. The Morgan fingerprint density at radius 3 is 3.06 bits per heavy atom. The number of amides is 1. The lowest BCUT2D eigenvalue weighted by atomic mass is 10.2. The van der Waals surface area contributed by atoms with Crippen LogP contribution in [0.3, 0.4) is 0 Å². The first-order valence-corrected chi connectivity index (χ1v) is 5.72. The summed E-state index contributed by atoms with van der Waals surface area (Å²) in [6.07, 6.45) is 4.71. The fourth-order valence-corrected chi connectivity index (χ4v) is 1.60. The second-order valence-electron chi connectivity index (χ2n) is 3.80. The van der Waals surface area contributed by atoms with Gasteiger partial charge in [-0.1, -0.05) is 13.0 Å². The van der Waals surface area contributed by atoms with Gasteiger partial charge in [0.15, 0.2) is 5.82 Å². The first kappa shape index (κ1) is 12.3. The average molecular weight is 245 g/mol. The molecule has 0 radical (unpaired) electrons. The Kier molecular flexibility index (Phi) is 3.69. The number of rotatable bonds is 5. The maximum absolute atomic E-state index is 11.0. The van der Waals surface area contributed by atoms with E-state index in [-0.39, 0.29) is 0 Å². The second kappa shape index (κ2) is 5.42. The lowest BCUT2D eigenvalue weighted by molar-refractivity contribution is 0.100. The summed E-state index contributed by atoms with van der Waals surface area (Å²) >= 11 is 0. The van der Waals surface area contributed by atoms with E-state index in [0.29, 0.717) is 17.9 Å². The first-order chi connectivity index (χ1) is 8.72. The molecule has 0 spiro atoms. The molecule has 2 rings (SSSR count). The molecule has 1 amide bonds. The fourth-order valence-electron chi connectivity index (χ4n) is 1.60. The van der Waals surface area contributed by atoms with Gasteiger partial charge < -0.3 is 11.1 Å². The summed E-state index contributed by atoms with van der Waals surface area (Å²) in [5.74, 6) is 0.205. The van der Waals surface area contributed by atoms with Gasteiger partial charge in [0, 0.05) is 24.5 Å². The van der Waals surface area contributed by atoms with Crippen LogP contribution in [0.1, 0.15) is 22.8 Å². The highest BCUT2D eigenvalue weighted by Gasteiger charge is 2.09. The standard InChI is InChI=1S/C12H15N5O/c1-2-14-6-9-4-3-5-15-12(9)17-8-10(7-16-17)11(13)18/h3-5,7-8,14H,2,6H2,1H3,(H2,13,18). The van der Waals surface area contributed by atoms with E-state index in [9.17, 15) is 4.79 Å². The molecule has 0 unspecified atom stereocenters. The highest BCUT2D eigenvalue weighted by molar-refractivity contribution is 5.92. The number of hydrogen-bond donors (Lipinski definition) is 2. The van der Waals surface area contributed by atoms with Crippen LogP contribution in [0.15, 0.2) is 30.7 Å². The Labute approximate surface area is 105 Å². The summed E-state index contributed by atoms with van der Waals surface area (Å²) in [6, 6.07) is 3.84. The first-order valence-electron chi connectivity index (χ1n) is 5.72. The summed E-state index contributed by atoms with van der Waals surface area (Å²) in [4.78, 5) is 15.3. The van der Waals surface area contributed by atoms with Crippen LogP contribution in [0.25, 0.3) is 5.82 Å². The summed E-state index contributed by atoms with van der Waals surface area (Å²) in [5, 5.41) is 7.33. The third-order valence-corrected chi connectivity index (χ3v) is 2.52. The van der Waals surface area contributed by atoms with Gasteiger partial charge in [-0.25, -0.2) is 9.67 Å². The third kappa shape index (κ3) is 2.54. The van der Waals surface area contributed by atoms with Crippen LogP contribution in [0.4, 0.5) is 0 Å². The zero-order valence-corrected chi connectivity index (χ0v) is 10.1. The topological polar surface area (TPSA) is 85.8 Å². The Balaban J connectivity index is 2.33. The van der Waals surface area contributed by atoms with E-state index in [1.807, 2.05) is 19.1 Å². The molecular formula is C12H15N5O. The van der Waals surface area contributed by atoms with Crippen LogP contribution < -0.4 is 11.1 Å². The SMILES string of the molecule is CCNCc1cccnc1-n1cc(C(N)=O)cn1. The van der Waals surface area contributed by atoms with Crippen molar-refractivity contribution in [3.8, 4) is 5.82 Å². The second-order valence-corrected chi connectivity index (χ2v) is 3.80. The molecule has 0 aliphatic heterocycles. The quantitative estimate of drug-likeness (QED) is 0.802. The fraction of sp³-hybridized carbons (Fsp3) is 0.250. The van der Waals surface area contributed by atoms with E-state index in [2.05, 4.69) is 15.4 Å². The van der Waals surface area contributed by atoms with Crippen molar-refractivity contribution in [2.75, 3.05) is 6.54 Å². The summed E-state index contributed by atoms with van der Waals surface area (Å²) < 4.78 is 1.56. The Bertz CT molecular complexity index is 549. The highest BCUT2D eigenvalue weighted by Crippen LogP contribution is 2.11. The third-order valence-electron chi connectivity index (χ3n) is 2.52. The number of pyridine rings is 1. The van der Waals surface area contributed by atoms with Gasteiger partial charge in [0.25, 0.3) is 5.91 Å². The Morgan fingerprint density at radius 1 is 1.56 bits per heavy atom. The number of carbonyl (C=O) groups is 1. The van der Waals surface area contributed by atoms with Gasteiger partial charge >= 0.3 is 0 Å². The lowest BCUT2D eigenvalue weighted by Crippen LogP contribution is -2.15. The van der Waals surface area contributed by atoms with Gasteiger partial charge in [0.05, 0.1) is 11.8 Å². The number of aromatic nitrogens is 3. The van der Waals surface area contributed by atoms with Crippen molar-refractivity contribution in [3.05, 3.63) is 41.9 Å². The maximum atomic E-state index is 11.0. The molecule has 3 N–H and O–H groups in total. The van der Waals surface area contributed by atoms with E-state index < -0.39 is 5.91 Å². The normalized spacial score (nSPS) is 10.5. The molecule has 2 aromatic rings. The molecule has 6 heteroatoms. The van der Waals surface area contributed by atoms with E-state index in [4.69, 9.17) is 5.73 Å². The van der Waals surface area contributed by atoms with Crippen molar-refractivity contribution in [2.45, 2.75) is 13.5 Å². The van der Waals surface area contributed by atoms with E-state index in [0.717, 1.165) is 12.1 Å². The number of hydrogen-bond acceptors (Lipinski definition) is 4. The molecule has 0 fully saturated rings. The van der Waals surface area contributed by atoms with Gasteiger partial charge in [-0.15, -0.1) is 0 Å². The van der Waals surface area contributed by atoms with Gasteiger partial charge in [0.2, 0.25) is 0 Å². The van der Waals surface area contributed by atoms with Crippen LogP contribution in [-0.4, -0.2) is 27.2 Å². The molecule has 0 bridgehead atoms. The van der Waals surface area contributed by atoms with Crippen molar-refractivity contribution in [2.24, 2.45) is 5.73 Å². The molecule has 0 aromatic carbocycles. The van der Waals surface area contributed by atoms with Crippen molar-refractivity contribution in [1.29, 1.82) is 0 Å².